The Balaban J connectivity index is 2.90. The van der Waals surface area contributed by atoms with Crippen LogP contribution < -0.4 is 4.90 Å². The molecule has 0 aliphatic rings. The van der Waals surface area contributed by atoms with Gasteiger partial charge < -0.3 is 4.90 Å². The van der Waals surface area contributed by atoms with Gasteiger partial charge in [-0.05, 0) is 46.9 Å². The van der Waals surface area contributed by atoms with Crippen molar-refractivity contribution in [2.75, 3.05) is 11.9 Å². The van der Waals surface area contributed by atoms with Gasteiger partial charge in [0.1, 0.15) is 0 Å². The topological polar surface area (TPSA) is 20.3 Å². The van der Waals surface area contributed by atoms with E-state index in [1.54, 1.807) is 19.2 Å². The fourth-order valence-corrected chi connectivity index (χ4v) is 1.71. The second kappa shape index (κ2) is 5.08. The lowest BCUT2D eigenvalue weighted by molar-refractivity contribution is -0.117. The highest BCUT2D eigenvalue weighted by Gasteiger charge is 2.34. The first-order valence-corrected chi connectivity index (χ1v) is 6.14. The number of carbonyl (C=O) groups excluding carboxylic acids is 1. The first-order valence-electron chi connectivity index (χ1n) is 3.93. The van der Waals surface area contributed by atoms with E-state index in [2.05, 4.69) is 22.6 Å². The Hall–Kier alpha value is 0.290. The van der Waals surface area contributed by atoms with E-state index in [0.29, 0.717) is 5.69 Å². The van der Waals surface area contributed by atoms with Crippen LogP contribution in [0.1, 0.15) is 0 Å². The van der Waals surface area contributed by atoms with Crippen LogP contribution in [0.4, 0.5) is 5.69 Å². The molecular weight excluding hydrogens is 371 g/mol. The fraction of sp³-hybridized carbons (Fsp3) is 0.222. The summed E-state index contributed by atoms with van der Waals surface area (Å²) >= 11 is 18.7. The van der Waals surface area contributed by atoms with Crippen LogP contribution in [0.15, 0.2) is 24.3 Å². The Morgan fingerprint density at radius 3 is 2.13 bits per heavy atom. The number of rotatable bonds is 1. The first kappa shape index (κ1) is 13.4. The van der Waals surface area contributed by atoms with Crippen molar-refractivity contribution in [3.63, 3.8) is 0 Å². The van der Waals surface area contributed by atoms with Crippen LogP contribution in [0.5, 0.6) is 0 Å². The number of amides is 1. The minimum atomic E-state index is -1.92. The van der Waals surface area contributed by atoms with Gasteiger partial charge in [0.05, 0.1) is 0 Å². The molecule has 0 saturated carbocycles. The number of hydrogen-bond donors (Lipinski definition) is 0. The molecule has 0 aromatic heterocycles. The predicted molar refractivity (Wildman–Crippen MR) is 72.9 cm³/mol. The summed E-state index contributed by atoms with van der Waals surface area (Å²) in [6.07, 6.45) is 0. The van der Waals surface area contributed by atoms with Gasteiger partial charge in [-0.1, -0.05) is 34.8 Å². The van der Waals surface area contributed by atoms with Gasteiger partial charge in [-0.3, -0.25) is 4.79 Å². The number of carbonyl (C=O) groups is 1. The van der Waals surface area contributed by atoms with Gasteiger partial charge in [0.25, 0.3) is 9.70 Å². The van der Waals surface area contributed by atoms with Gasteiger partial charge in [-0.2, -0.15) is 0 Å². The van der Waals surface area contributed by atoms with E-state index in [0.717, 1.165) is 3.57 Å². The summed E-state index contributed by atoms with van der Waals surface area (Å²) in [5.41, 5.74) is 0.687. The van der Waals surface area contributed by atoms with Gasteiger partial charge in [0.15, 0.2) is 0 Å². The fourth-order valence-electron chi connectivity index (χ4n) is 0.972. The summed E-state index contributed by atoms with van der Waals surface area (Å²) in [6, 6.07) is 7.32. The van der Waals surface area contributed by atoms with Crippen molar-refractivity contribution >= 4 is 69.0 Å². The van der Waals surface area contributed by atoms with E-state index in [1.807, 2.05) is 12.1 Å². The molecule has 0 saturated heterocycles. The monoisotopic (exact) mass is 377 g/mol. The smallest absolute Gasteiger partial charge is 0.278 e. The standard InChI is InChI=1S/C9H7Cl3INO/c1-14(8(15)9(10,11)12)7-4-2-6(13)3-5-7/h2-5H,1H3. The van der Waals surface area contributed by atoms with Gasteiger partial charge in [-0.15, -0.1) is 0 Å². The number of hydrogen-bond acceptors (Lipinski definition) is 1. The molecule has 0 spiro atoms. The van der Waals surface area contributed by atoms with Crippen molar-refractivity contribution in [2.45, 2.75) is 3.79 Å². The van der Waals surface area contributed by atoms with Crippen molar-refractivity contribution in [3.8, 4) is 0 Å². The van der Waals surface area contributed by atoms with Gasteiger partial charge >= 0.3 is 0 Å². The van der Waals surface area contributed by atoms with Crippen LogP contribution in [0.25, 0.3) is 0 Å². The Morgan fingerprint density at radius 2 is 1.73 bits per heavy atom. The van der Waals surface area contributed by atoms with Crippen molar-refractivity contribution in [3.05, 3.63) is 27.8 Å². The van der Waals surface area contributed by atoms with Crippen LogP contribution in [-0.4, -0.2) is 16.7 Å². The van der Waals surface area contributed by atoms with Crippen LogP contribution in [0.3, 0.4) is 0 Å². The van der Waals surface area contributed by atoms with Crippen LogP contribution in [-0.2, 0) is 4.79 Å². The Bertz CT molecular complexity index is 361. The summed E-state index contributed by atoms with van der Waals surface area (Å²) in [4.78, 5) is 12.9. The predicted octanol–water partition coefficient (Wildman–Crippen LogP) is 3.62. The van der Waals surface area contributed by atoms with Crippen molar-refractivity contribution in [1.29, 1.82) is 0 Å². The molecule has 15 heavy (non-hydrogen) atoms. The molecule has 0 unspecified atom stereocenters. The third-order valence-corrected chi connectivity index (χ3v) is 2.97. The Labute approximate surface area is 117 Å². The highest BCUT2D eigenvalue weighted by molar-refractivity contribution is 14.1. The lowest BCUT2D eigenvalue weighted by Gasteiger charge is -2.21. The maximum Gasteiger partial charge on any atom is 0.278 e. The average molecular weight is 378 g/mol. The molecular formula is C9H7Cl3INO. The lowest BCUT2D eigenvalue weighted by Crippen LogP contribution is -2.36. The molecule has 0 aliphatic heterocycles. The van der Waals surface area contributed by atoms with E-state index in [4.69, 9.17) is 34.8 Å². The zero-order chi connectivity index (χ0) is 11.6. The maximum absolute atomic E-state index is 11.6. The van der Waals surface area contributed by atoms with Gasteiger partial charge in [-0.25, -0.2) is 0 Å². The molecule has 0 radical (unpaired) electrons. The summed E-state index contributed by atoms with van der Waals surface area (Å²) in [7, 11) is 1.56. The Kier molecular flexibility index (Phi) is 4.52. The Morgan fingerprint density at radius 1 is 1.27 bits per heavy atom. The average Bonchev–Trinajstić information content (AvgIpc) is 2.15. The van der Waals surface area contributed by atoms with E-state index in [1.165, 1.54) is 4.90 Å². The van der Waals surface area contributed by atoms with E-state index in [9.17, 15) is 4.79 Å². The van der Waals surface area contributed by atoms with E-state index in [-0.39, 0.29) is 0 Å². The molecule has 82 valence electrons. The van der Waals surface area contributed by atoms with Gasteiger partial charge in [0, 0.05) is 16.3 Å². The van der Waals surface area contributed by atoms with Crippen LogP contribution in [0, 0.1) is 3.57 Å². The number of halogens is 4. The molecule has 2 nitrogen and oxygen atoms in total. The molecule has 0 fully saturated rings. The van der Waals surface area contributed by atoms with E-state index >= 15 is 0 Å². The number of anilines is 1. The molecule has 0 aliphatic carbocycles. The van der Waals surface area contributed by atoms with Crippen LogP contribution >= 0.6 is 57.4 Å². The summed E-state index contributed by atoms with van der Waals surface area (Å²) < 4.78 is -0.844. The molecule has 0 heterocycles. The van der Waals surface area contributed by atoms with Gasteiger partial charge in [0.2, 0.25) is 0 Å². The first-order chi connectivity index (χ1) is 6.82. The molecule has 0 bridgehead atoms. The molecule has 1 aromatic rings. The van der Waals surface area contributed by atoms with E-state index < -0.39 is 9.70 Å². The SMILES string of the molecule is CN(C(=O)C(Cl)(Cl)Cl)c1ccc(I)cc1. The minimum Gasteiger partial charge on any atom is -0.312 e. The second-order valence-corrected chi connectivity index (χ2v) is 6.37. The normalized spacial score (nSPS) is 11.3. The quantitative estimate of drug-likeness (QED) is 0.540. The third kappa shape index (κ3) is 3.66. The van der Waals surface area contributed by atoms with Crippen molar-refractivity contribution in [1.82, 2.24) is 0 Å². The number of alkyl halides is 3. The van der Waals surface area contributed by atoms with Crippen molar-refractivity contribution in [2.24, 2.45) is 0 Å². The summed E-state index contributed by atoms with van der Waals surface area (Å²) in [5, 5.41) is 0. The molecule has 1 amide bonds. The summed E-state index contributed by atoms with van der Waals surface area (Å²) in [5.74, 6) is -0.575. The largest absolute Gasteiger partial charge is 0.312 e. The maximum atomic E-state index is 11.6. The minimum absolute atomic E-state index is 0.575. The van der Waals surface area contributed by atoms with Crippen molar-refractivity contribution < 1.29 is 4.79 Å². The molecule has 1 aromatic carbocycles. The van der Waals surface area contributed by atoms with Crippen LogP contribution in [0.2, 0.25) is 0 Å². The zero-order valence-corrected chi connectivity index (χ0v) is 12.1. The third-order valence-electron chi connectivity index (χ3n) is 1.76. The highest BCUT2D eigenvalue weighted by Crippen LogP contribution is 2.30. The number of benzene rings is 1. The lowest BCUT2D eigenvalue weighted by atomic mass is 10.3. The molecule has 0 atom stereocenters. The molecule has 0 N–H and O–H groups in total. The highest BCUT2D eigenvalue weighted by atomic mass is 127. The summed E-state index contributed by atoms with van der Waals surface area (Å²) in [6.45, 7) is 0. The molecule has 1 rings (SSSR count). The number of nitrogens with zero attached hydrogens (tertiary/aromatic N) is 1. The second-order valence-electron chi connectivity index (χ2n) is 2.84. The molecule has 6 heteroatoms. The zero-order valence-electron chi connectivity index (χ0n) is 7.68.